The zero-order valence-electron chi connectivity index (χ0n) is 12.4. The van der Waals surface area contributed by atoms with Gasteiger partial charge in [-0.25, -0.2) is 0 Å². The fraction of sp³-hybridized carbons (Fsp3) is 0.562. The Morgan fingerprint density at radius 1 is 1.30 bits per heavy atom. The van der Waals surface area contributed by atoms with Gasteiger partial charge in [0.15, 0.2) is 0 Å². The molecule has 3 nitrogen and oxygen atoms in total. The van der Waals surface area contributed by atoms with Crippen LogP contribution in [-0.4, -0.2) is 36.7 Å². The lowest BCUT2D eigenvalue weighted by molar-refractivity contribution is -0.122. The van der Waals surface area contributed by atoms with Gasteiger partial charge >= 0.3 is 0 Å². The molecule has 2 rings (SSSR count). The second kappa shape index (κ2) is 7.70. The molecule has 1 saturated carbocycles. The Labute approximate surface area is 126 Å². The van der Waals surface area contributed by atoms with Crippen molar-refractivity contribution >= 4 is 17.7 Å². The topological polar surface area (TPSA) is 32.3 Å². The Kier molecular flexibility index (Phi) is 5.92. The first-order chi connectivity index (χ1) is 9.67. The van der Waals surface area contributed by atoms with Crippen LogP contribution >= 0.6 is 11.8 Å². The molecule has 1 amide bonds. The summed E-state index contributed by atoms with van der Waals surface area (Å²) in [5, 5.41) is 3.13. The third kappa shape index (κ3) is 4.84. The number of carbonyl (C=O) groups excluding carboxylic acids is 1. The third-order valence-electron chi connectivity index (χ3n) is 3.75. The van der Waals surface area contributed by atoms with Crippen molar-refractivity contribution in [2.75, 3.05) is 19.8 Å². The molecule has 0 unspecified atom stereocenters. The van der Waals surface area contributed by atoms with Gasteiger partial charge in [0.05, 0.1) is 6.54 Å². The van der Waals surface area contributed by atoms with Gasteiger partial charge in [0, 0.05) is 17.5 Å². The van der Waals surface area contributed by atoms with Crippen LogP contribution in [0.4, 0.5) is 0 Å². The predicted molar refractivity (Wildman–Crippen MR) is 85.0 cm³/mol. The maximum atomic E-state index is 11.9. The minimum absolute atomic E-state index is 0.153. The molecular weight excluding hydrogens is 268 g/mol. The highest BCUT2D eigenvalue weighted by molar-refractivity contribution is 7.98. The number of amides is 1. The summed E-state index contributed by atoms with van der Waals surface area (Å²) in [6.07, 6.45) is 6.87. The zero-order valence-corrected chi connectivity index (χ0v) is 13.2. The van der Waals surface area contributed by atoms with Crippen molar-refractivity contribution in [3.8, 4) is 0 Å². The van der Waals surface area contributed by atoms with Crippen molar-refractivity contribution in [1.29, 1.82) is 0 Å². The van der Waals surface area contributed by atoms with Gasteiger partial charge in [-0.3, -0.25) is 9.69 Å². The maximum absolute atomic E-state index is 11.9. The number of likely N-dealkylation sites (N-methyl/N-ethyl adjacent to an activating group) is 1. The van der Waals surface area contributed by atoms with E-state index in [0.717, 1.165) is 19.4 Å². The maximum Gasteiger partial charge on any atom is 0.234 e. The number of carbonyl (C=O) groups is 1. The van der Waals surface area contributed by atoms with E-state index in [9.17, 15) is 4.79 Å². The SMILES string of the molecule is CSc1ccc(CN(C)CC(=O)NC2CCCC2)cc1. The summed E-state index contributed by atoms with van der Waals surface area (Å²) in [4.78, 5) is 15.3. The summed E-state index contributed by atoms with van der Waals surface area (Å²) in [7, 11) is 2.00. The van der Waals surface area contributed by atoms with Crippen molar-refractivity contribution in [1.82, 2.24) is 10.2 Å². The normalized spacial score (nSPS) is 15.8. The van der Waals surface area contributed by atoms with Crippen molar-refractivity contribution in [2.45, 2.75) is 43.2 Å². The molecule has 4 heteroatoms. The quantitative estimate of drug-likeness (QED) is 0.818. The smallest absolute Gasteiger partial charge is 0.234 e. The van der Waals surface area contributed by atoms with E-state index >= 15 is 0 Å². The summed E-state index contributed by atoms with van der Waals surface area (Å²) in [5.74, 6) is 0.153. The highest BCUT2D eigenvalue weighted by Crippen LogP contribution is 2.18. The Morgan fingerprint density at radius 3 is 2.55 bits per heavy atom. The van der Waals surface area contributed by atoms with Gasteiger partial charge in [-0.05, 0) is 43.8 Å². The molecule has 1 fully saturated rings. The summed E-state index contributed by atoms with van der Waals surface area (Å²) in [6.45, 7) is 1.29. The Bertz CT molecular complexity index is 427. The minimum Gasteiger partial charge on any atom is -0.352 e. The number of rotatable bonds is 6. The van der Waals surface area contributed by atoms with E-state index in [0.29, 0.717) is 12.6 Å². The van der Waals surface area contributed by atoms with Crippen LogP contribution in [0, 0.1) is 0 Å². The lowest BCUT2D eigenvalue weighted by atomic mass is 10.2. The van der Waals surface area contributed by atoms with Gasteiger partial charge in [0.2, 0.25) is 5.91 Å². The van der Waals surface area contributed by atoms with Crippen LogP contribution in [0.25, 0.3) is 0 Å². The molecule has 1 aromatic rings. The van der Waals surface area contributed by atoms with E-state index in [1.165, 1.54) is 23.3 Å². The molecule has 0 saturated heterocycles. The van der Waals surface area contributed by atoms with Crippen LogP contribution in [0.3, 0.4) is 0 Å². The molecule has 110 valence electrons. The van der Waals surface area contributed by atoms with Crippen LogP contribution < -0.4 is 5.32 Å². The molecule has 1 N–H and O–H groups in total. The minimum atomic E-state index is 0.153. The molecule has 0 aliphatic heterocycles. The first-order valence-electron chi connectivity index (χ1n) is 7.28. The number of nitrogens with one attached hydrogen (secondary N) is 1. The monoisotopic (exact) mass is 292 g/mol. The molecule has 0 heterocycles. The molecule has 0 radical (unpaired) electrons. The molecule has 0 atom stereocenters. The molecular formula is C16H24N2OS. The fourth-order valence-electron chi connectivity index (χ4n) is 2.69. The molecule has 0 aromatic heterocycles. The van der Waals surface area contributed by atoms with E-state index in [-0.39, 0.29) is 5.91 Å². The number of nitrogens with zero attached hydrogens (tertiary/aromatic N) is 1. The second-order valence-electron chi connectivity index (χ2n) is 5.57. The average Bonchev–Trinajstić information content (AvgIpc) is 2.92. The van der Waals surface area contributed by atoms with Crippen LogP contribution in [0.15, 0.2) is 29.2 Å². The van der Waals surface area contributed by atoms with Crippen LogP contribution in [-0.2, 0) is 11.3 Å². The van der Waals surface area contributed by atoms with E-state index in [1.54, 1.807) is 11.8 Å². The Hall–Kier alpha value is -1.00. The van der Waals surface area contributed by atoms with Gasteiger partial charge in [-0.1, -0.05) is 25.0 Å². The molecule has 20 heavy (non-hydrogen) atoms. The van der Waals surface area contributed by atoms with Gasteiger partial charge < -0.3 is 5.32 Å². The van der Waals surface area contributed by atoms with Gasteiger partial charge in [-0.15, -0.1) is 11.8 Å². The summed E-state index contributed by atoms with van der Waals surface area (Å²) < 4.78 is 0. The lowest BCUT2D eigenvalue weighted by Crippen LogP contribution is -2.39. The van der Waals surface area contributed by atoms with Crippen molar-refractivity contribution in [3.63, 3.8) is 0 Å². The summed E-state index contributed by atoms with van der Waals surface area (Å²) in [6, 6.07) is 8.95. The lowest BCUT2D eigenvalue weighted by Gasteiger charge is -2.18. The first-order valence-corrected chi connectivity index (χ1v) is 8.50. The summed E-state index contributed by atoms with van der Waals surface area (Å²) in [5.41, 5.74) is 1.25. The average molecular weight is 292 g/mol. The molecule has 1 aliphatic carbocycles. The highest BCUT2D eigenvalue weighted by atomic mass is 32.2. The van der Waals surface area contributed by atoms with Crippen molar-refractivity contribution < 1.29 is 4.79 Å². The van der Waals surface area contributed by atoms with Gasteiger partial charge in [0.25, 0.3) is 0 Å². The first kappa shape index (κ1) is 15.4. The zero-order chi connectivity index (χ0) is 14.4. The summed E-state index contributed by atoms with van der Waals surface area (Å²) >= 11 is 1.75. The van der Waals surface area contributed by atoms with Crippen molar-refractivity contribution in [3.05, 3.63) is 29.8 Å². The number of hydrogen-bond donors (Lipinski definition) is 1. The van der Waals surface area contributed by atoms with E-state index in [1.807, 2.05) is 7.05 Å². The largest absolute Gasteiger partial charge is 0.352 e. The van der Waals surface area contributed by atoms with Crippen molar-refractivity contribution in [2.24, 2.45) is 0 Å². The number of thioether (sulfide) groups is 1. The van der Waals surface area contributed by atoms with E-state index in [4.69, 9.17) is 0 Å². The standard InChI is InChI=1S/C16H24N2OS/c1-18(11-13-7-9-15(20-2)10-8-13)12-16(19)17-14-5-3-4-6-14/h7-10,14H,3-6,11-12H2,1-2H3,(H,17,19). The van der Waals surface area contributed by atoms with Crippen LogP contribution in [0.5, 0.6) is 0 Å². The molecule has 0 bridgehead atoms. The van der Waals surface area contributed by atoms with Gasteiger partial charge in [0.1, 0.15) is 0 Å². The highest BCUT2D eigenvalue weighted by Gasteiger charge is 2.17. The van der Waals surface area contributed by atoms with E-state index < -0.39 is 0 Å². The number of benzene rings is 1. The van der Waals surface area contributed by atoms with E-state index in [2.05, 4.69) is 40.7 Å². The van der Waals surface area contributed by atoms with Crippen LogP contribution in [0.1, 0.15) is 31.2 Å². The fourth-order valence-corrected chi connectivity index (χ4v) is 3.10. The molecule has 1 aliphatic rings. The number of hydrogen-bond acceptors (Lipinski definition) is 3. The van der Waals surface area contributed by atoms with Gasteiger partial charge in [-0.2, -0.15) is 0 Å². The molecule has 0 spiro atoms. The van der Waals surface area contributed by atoms with Crippen LogP contribution in [0.2, 0.25) is 0 Å². The third-order valence-corrected chi connectivity index (χ3v) is 4.49. The predicted octanol–water partition coefficient (Wildman–Crippen LogP) is 2.90. The Balaban J connectivity index is 1.75. The Morgan fingerprint density at radius 2 is 1.95 bits per heavy atom. The molecule has 1 aromatic carbocycles. The second-order valence-corrected chi connectivity index (χ2v) is 6.45.